The van der Waals surface area contributed by atoms with Crippen LogP contribution in [0.5, 0.6) is 0 Å². The van der Waals surface area contributed by atoms with E-state index in [1.807, 2.05) is 0 Å². The number of aliphatic carboxylic acids is 1. The Morgan fingerprint density at radius 2 is 1.88 bits per heavy atom. The molecule has 0 aromatic rings. The van der Waals surface area contributed by atoms with Crippen molar-refractivity contribution in [3.63, 3.8) is 0 Å². The predicted molar refractivity (Wildman–Crippen MR) is 50.7 cm³/mol. The smallest absolute Gasteiger partial charge is 0.389 e. The fourth-order valence-corrected chi connectivity index (χ4v) is 2.16. The highest BCUT2D eigenvalue weighted by atomic mass is 32.2. The lowest BCUT2D eigenvalue weighted by atomic mass is 10.3. The lowest BCUT2D eigenvalue weighted by molar-refractivity contribution is -0.140. The maximum Gasteiger partial charge on any atom is 0.389 e. The largest absolute Gasteiger partial charge is 0.480 e. The van der Waals surface area contributed by atoms with Crippen molar-refractivity contribution >= 4 is 16.0 Å². The molecule has 0 spiro atoms. The fourth-order valence-electron chi connectivity index (χ4n) is 0.904. The number of nitrogens with one attached hydrogen (secondary N) is 1. The number of rotatable bonds is 7. The van der Waals surface area contributed by atoms with Crippen molar-refractivity contribution < 1.29 is 36.6 Å². The molecule has 0 amide bonds. The van der Waals surface area contributed by atoms with Gasteiger partial charge >= 0.3 is 12.1 Å². The van der Waals surface area contributed by atoms with E-state index in [2.05, 4.69) is 0 Å². The summed E-state index contributed by atoms with van der Waals surface area (Å²) in [4.78, 5) is 10.4. The molecule has 0 aliphatic rings. The number of carboxylic acid groups (broad SMARTS) is 1. The summed E-state index contributed by atoms with van der Waals surface area (Å²) in [7, 11) is -4.15. The lowest BCUT2D eigenvalue weighted by Crippen LogP contribution is -2.44. The van der Waals surface area contributed by atoms with Gasteiger partial charge < -0.3 is 10.2 Å². The Labute approximate surface area is 95.5 Å². The van der Waals surface area contributed by atoms with Gasteiger partial charge in [0.05, 0.1) is 12.4 Å². The first-order chi connectivity index (χ1) is 7.57. The topological polar surface area (TPSA) is 104 Å². The molecule has 3 N–H and O–H groups in total. The molecule has 1 unspecified atom stereocenters. The average molecular weight is 279 g/mol. The molecule has 0 aliphatic heterocycles. The molecule has 0 aliphatic carbocycles. The highest BCUT2D eigenvalue weighted by molar-refractivity contribution is 7.89. The van der Waals surface area contributed by atoms with Crippen LogP contribution in [-0.4, -0.2) is 49.2 Å². The van der Waals surface area contributed by atoms with Gasteiger partial charge in [0.2, 0.25) is 10.0 Å². The Morgan fingerprint density at radius 3 is 2.24 bits per heavy atom. The van der Waals surface area contributed by atoms with E-state index in [1.165, 1.54) is 0 Å². The second-order valence-corrected chi connectivity index (χ2v) is 5.10. The van der Waals surface area contributed by atoms with E-state index >= 15 is 0 Å². The average Bonchev–Trinajstić information content (AvgIpc) is 2.11. The first-order valence-electron chi connectivity index (χ1n) is 4.48. The molecule has 1 atom stereocenters. The first kappa shape index (κ1) is 16.1. The number of halogens is 3. The Bertz CT molecular complexity index is 353. The van der Waals surface area contributed by atoms with E-state index in [-0.39, 0.29) is 0 Å². The number of hydrogen-bond acceptors (Lipinski definition) is 4. The molecule has 0 radical (unpaired) electrons. The van der Waals surface area contributed by atoms with Gasteiger partial charge in [-0.05, 0) is 6.42 Å². The minimum atomic E-state index is -4.46. The van der Waals surface area contributed by atoms with Crippen LogP contribution in [-0.2, 0) is 14.8 Å². The van der Waals surface area contributed by atoms with Crippen LogP contribution in [0, 0.1) is 0 Å². The van der Waals surface area contributed by atoms with Crippen LogP contribution in [0.1, 0.15) is 12.8 Å². The molecular weight excluding hydrogens is 267 g/mol. The maximum atomic E-state index is 11.7. The second kappa shape index (κ2) is 6.17. The molecule has 0 aromatic heterocycles. The Hall–Kier alpha value is -0.870. The van der Waals surface area contributed by atoms with E-state index in [0.717, 1.165) is 0 Å². The molecule has 0 saturated carbocycles. The summed E-state index contributed by atoms with van der Waals surface area (Å²) in [6.07, 6.45) is -6.40. The highest BCUT2D eigenvalue weighted by Gasteiger charge is 2.28. The number of aliphatic hydroxyl groups excluding tert-OH is 1. The molecule has 10 heteroatoms. The van der Waals surface area contributed by atoms with Crippen LogP contribution in [0.3, 0.4) is 0 Å². The van der Waals surface area contributed by atoms with Crippen molar-refractivity contribution in [1.82, 2.24) is 4.72 Å². The Kier molecular flexibility index (Phi) is 5.85. The third kappa shape index (κ3) is 7.94. The molecule has 0 saturated heterocycles. The zero-order valence-electron chi connectivity index (χ0n) is 8.57. The molecule has 0 fully saturated rings. The molecule has 0 rings (SSSR count). The fraction of sp³-hybridized carbons (Fsp3) is 0.857. The highest BCUT2D eigenvalue weighted by Crippen LogP contribution is 2.21. The standard InChI is InChI=1S/C7H12F3NO5S/c8-7(9,10)2-1-3-17(15,16)11-5(4-12)6(13)14/h5,11-12H,1-4H2,(H,13,14). The van der Waals surface area contributed by atoms with Gasteiger partial charge in [-0.3, -0.25) is 4.79 Å². The van der Waals surface area contributed by atoms with Crippen molar-refractivity contribution in [2.24, 2.45) is 0 Å². The van der Waals surface area contributed by atoms with Gasteiger partial charge in [-0.15, -0.1) is 0 Å². The number of sulfonamides is 1. The summed E-state index contributed by atoms with van der Waals surface area (Å²) < 4.78 is 59.1. The molecule has 6 nitrogen and oxygen atoms in total. The summed E-state index contributed by atoms with van der Waals surface area (Å²) in [6, 6.07) is -1.74. The number of hydrogen-bond donors (Lipinski definition) is 3. The summed E-state index contributed by atoms with van der Waals surface area (Å²) in [6.45, 7) is -0.978. The lowest BCUT2D eigenvalue weighted by Gasteiger charge is -2.12. The summed E-state index contributed by atoms with van der Waals surface area (Å²) in [5, 5.41) is 17.0. The second-order valence-electron chi connectivity index (χ2n) is 3.23. The van der Waals surface area contributed by atoms with Gasteiger partial charge in [-0.1, -0.05) is 0 Å². The van der Waals surface area contributed by atoms with Gasteiger partial charge in [0.25, 0.3) is 0 Å². The van der Waals surface area contributed by atoms with Crippen molar-refractivity contribution in [3.8, 4) is 0 Å². The van der Waals surface area contributed by atoms with Crippen molar-refractivity contribution in [2.45, 2.75) is 25.1 Å². The van der Waals surface area contributed by atoms with E-state index in [9.17, 15) is 26.4 Å². The normalized spacial score (nSPS) is 14.6. The summed E-state index contributed by atoms with van der Waals surface area (Å²) in [5.74, 6) is -2.46. The monoisotopic (exact) mass is 279 g/mol. The first-order valence-corrected chi connectivity index (χ1v) is 6.13. The molecule has 0 bridgehead atoms. The van der Waals surface area contributed by atoms with Crippen molar-refractivity contribution in [3.05, 3.63) is 0 Å². The quantitative estimate of drug-likeness (QED) is 0.593. The van der Waals surface area contributed by atoms with E-state index in [0.29, 0.717) is 0 Å². The van der Waals surface area contributed by atoms with Crippen LogP contribution in [0.25, 0.3) is 0 Å². The SMILES string of the molecule is O=C(O)C(CO)NS(=O)(=O)CCCC(F)(F)F. The van der Waals surface area contributed by atoms with Crippen LogP contribution in [0.4, 0.5) is 13.2 Å². The zero-order valence-corrected chi connectivity index (χ0v) is 9.38. The van der Waals surface area contributed by atoms with Gasteiger partial charge in [-0.25, -0.2) is 8.42 Å². The van der Waals surface area contributed by atoms with Gasteiger partial charge in [0.1, 0.15) is 6.04 Å². The number of carboxylic acids is 1. The van der Waals surface area contributed by atoms with Crippen LogP contribution in [0.2, 0.25) is 0 Å². The number of carbonyl (C=O) groups is 1. The summed E-state index contributed by atoms with van der Waals surface area (Å²) in [5.41, 5.74) is 0. The van der Waals surface area contributed by atoms with E-state index in [4.69, 9.17) is 10.2 Å². The van der Waals surface area contributed by atoms with Crippen LogP contribution in [0.15, 0.2) is 0 Å². The molecular formula is C7H12F3NO5S. The minimum Gasteiger partial charge on any atom is -0.480 e. The third-order valence-electron chi connectivity index (χ3n) is 1.68. The van der Waals surface area contributed by atoms with E-state index < -0.39 is 53.4 Å². The number of alkyl halides is 3. The predicted octanol–water partition coefficient (Wildman–Crippen LogP) is -0.306. The molecule has 0 heterocycles. The van der Waals surface area contributed by atoms with E-state index in [1.54, 1.807) is 4.72 Å². The van der Waals surface area contributed by atoms with Gasteiger partial charge in [0, 0.05) is 6.42 Å². The minimum absolute atomic E-state index is 0.670. The Morgan fingerprint density at radius 1 is 1.35 bits per heavy atom. The maximum absolute atomic E-state index is 11.7. The van der Waals surface area contributed by atoms with Crippen LogP contribution >= 0.6 is 0 Å². The number of aliphatic hydroxyl groups is 1. The third-order valence-corrected chi connectivity index (χ3v) is 3.15. The van der Waals surface area contributed by atoms with Gasteiger partial charge in [-0.2, -0.15) is 17.9 Å². The summed E-state index contributed by atoms with van der Waals surface area (Å²) >= 11 is 0. The zero-order chi connectivity index (χ0) is 13.7. The van der Waals surface area contributed by atoms with Crippen molar-refractivity contribution in [1.29, 1.82) is 0 Å². The van der Waals surface area contributed by atoms with Crippen LogP contribution < -0.4 is 4.72 Å². The Balaban J connectivity index is 4.26. The molecule has 0 aromatic carbocycles. The molecule has 102 valence electrons. The van der Waals surface area contributed by atoms with Gasteiger partial charge in [0.15, 0.2) is 0 Å². The van der Waals surface area contributed by atoms with Crippen molar-refractivity contribution in [2.75, 3.05) is 12.4 Å². The molecule has 17 heavy (non-hydrogen) atoms.